The lowest BCUT2D eigenvalue weighted by molar-refractivity contribution is -0.146. The van der Waals surface area contributed by atoms with Crippen LogP contribution in [0.15, 0.2) is 24.3 Å². The summed E-state index contributed by atoms with van der Waals surface area (Å²) < 4.78 is 0. The highest BCUT2D eigenvalue weighted by molar-refractivity contribution is 5.86. The van der Waals surface area contributed by atoms with E-state index >= 15 is 0 Å². The van der Waals surface area contributed by atoms with Gasteiger partial charge in [0.05, 0.1) is 0 Å². The summed E-state index contributed by atoms with van der Waals surface area (Å²) in [6, 6.07) is 7.94. The number of aliphatic carboxylic acids is 1. The van der Waals surface area contributed by atoms with Crippen molar-refractivity contribution < 1.29 is 14.7 Å². The number of aryl methyl sites for hydroxylation is 2. The molecule has 4 heteroatoms. The second kappa shape index (κ2) is 5.67. The molecule has 2 N–H and O–H groups in total. The zero-order valence-corrected chi connectivity index (χ0v) is 11.0. The van der Waals surface area contributed by atoms with Crippen molar-refractivity contribution in [1.82, 2.24) is 5.32 Å². The average molecular weight is 249 g/mol. The normalized spacial score (nSPS) is 11.1. The number of carboxylic acids is 1. The number of carbonyl (C=O) groups is 2. The van der Waals surface area contributed by atoms with Crippen LogP contribution >= 0.6 is 0 Å². The number of rotatable bonds is 5. The van der Waals surface area contributed by atoms with Crippen LogP contribution in [0, 0.1) is 6.92 Å². The van der Waals surface area contributed by atoms with Crippen LogP contribution in [0.2, 0.25) is 0 Å². The van der Waals surface area contributed by atoms with Gasteiger partial charge in [-0.15, -0.1) is 0 Å². The van der Waals surface area contributed by atoms with E-state index in [4.69, 9.17) is 5.11 Å². The number of carboxylic acid groups (broad SMARTS) is 1. The summed E-state index contributed by atoms with van der Waals surface area (Å²) in [6.45, 7) is 4.95. The summed E-state index contributed by atoms with van der Waals surface area (Å²) in [5.41, 5.74) is 1.03. The molecule has 1 rings (SSSR count). The van der Waals surface area contributed by atoms with Crippen LogP contribution in [-0.2, 0) is 16.0 Å². The summed E-state index contributed by atoms with van der Waals surface area (Å²) in [4.78, 5) is 22.5. The predicted octanol–water partition coefficient (Wildman–Crippen LogP) is 1.91. The lowest BCUT2D eigenvalue weighted by Gasteiger charge is -2.20. The van der Waals surface area contributed by atoms with E-state index in [0.29, 0.717) is 12.8 Å². The second-order valence-corrected chi connectivity index (χ2v) is 4.96. The van der Waals surface area contributed by atoms with Crippen LogP contribution in [0.5, 0.6) is 0 Å². The van der Waals surface area contributed by atoms with E-state index in [9.17, 15) is 9.59 Å². The van der Waals surface area contributed by atoms with Gasteiger partial charge in [0.1, 0.15) is 5.54 Å². The van der Waals surface area contributed by atoms with Gasteiger partial charge in [0.25, 0.3) is 0 Å². The molecule has 0 unspecified atom stereocenters. The van der Waals surface area contributed by atoms with E-state index in [0.717, 1.165) is 5.56 Å². The highest BCUT2D eigenvalue weighted by Crippen LogP contribution is 2.07. The standard InChI is InChI=1S/C14H19NO3/c1-10-4-6-11(7-5-10)8-9-12(16)15-14(2,3)13(17)18/h4-7H,8-9H2,1-3H3,(H,15,16)(H,17,18). The van der Waals surface area contributed by atoms with E-state index in [2.05, 4.69) is 5.32 Å². The Labute approximate surface area is 107 Å². The highest BCUT2D eigenvalue weighted by atomic mass is 16.4. The Hall–Kier alpha value is -1.84. The van der Waals surface area contributed by atoms with E-state index in [1.54, 1.807) is 0 Å². The maximum Gasteiger partial charge on any atom is 0.328 e. The minimum Gasteiger partial charge on any atom is -0.480 e. The highest BCUT2D eigenvalue weighted by Gasteiger charge is 2.28. The molecule has 0 bridgehead atoms. The number of amides is 1. The lowest BCUT2D eigenvalue weighted by Crippen LogP contribution is -2.49. The molecule has 0 aliphatic rings. The first kappa shape index (κ1) is 14.2. The van der Waals surface area contributed by atoms with E-state index in [1.165, 1.54) is 19.4 Å². The third-order valence-corrected chi connectivity index (χ3v) is 2.75. The molecule has 0 heterocycles. The Morgan fingerprint density at radius 2 is 1.78 bits per heavy atom. The maximum absolute atomic E-state index is 11.6. The SMILES string of the molecule is Cc1ccc(CCC(=O)NC(C)(C)C(=O)O)cc1. The van der Waals surface area contributed by atoms with Crippen molar-refractivity contribution in [2.75, 3.05) is 0 Å². The van der Waals surface area contributed by atoms with Gasteiger partial charge in [-0.1, -0.05) is 29.8 Å². The monoisotopic (exact) mass is 249 g/mol. The Morgan fingerprint density at radius 1 is 1.22 bits per heavy atom. The Kier molecular flexibility index (Phi) is 4.48. The largest absolute Gasteiger partial charge is 0.480 e. The lowest BCUT2D eigenvalue weighted by atomic mass is 10.0. The summed E-state index contributed by atoms with van der Waals surface area (Å²) in [5.74, 6) is -1.28. The van der Waals surface area contributed by atoms with Gasteiger partial charge in [0.2, 0.25) is 5.91 Å². The smallest absolute Gasteiger partial charge is 0.328 e. The number of benzene rings is 1. The fourth-order valence-electron chi connectivity index (χ4n) is 1.48. The van der Waals surface area contributed by atoms with Crippen molar-refractivity contribution in [2.45, 2.75) is 39.2 Å². The molecule has 0 aliphatic carbocycles. The third kappa shape index (κ3) is 4.20. The molecule has 1 amide bonds. The minimum atomic E-state index is -1.22. The van der Waals surface area contributed by atoms with Crippen molar-refractivity contribution in [3.63, 3.8) is 0 Å². The van der Waals surface area contributed by atoms with Crippen LogP contribution < -0.4 is 5.32 Å². The van der Waals surface area contributed by atoms with E-state index < -0.39 is 11.5 Å². The first-order valence-electron chi connectivity index (χ1n) is 5.91. The summed E-state index contributed by atoms with van der Waals surface area (Å²) in [5, 5.41) is 11.4. The first-order chi connectivity index (χ1) is 8.31. The third-order valence-electron chi connectivity index (χ3n) is 2.75. The fraction of sp³-hybridized carbons (Fsp3) is 0.429. The van der Waals surface area contributed by atoms with Crippen LogP contribution in [0.4, 0.5) is 0 Å². The first-order valence-corrected chi connectivity index (χ1v) is 5.91. The molecule has 18 heavy (non-hydrogen) atoms. The predicted molar refractivity (Wildman–Crippen MR) is 69.4 cm³/mol. The summed E-state index contributed by atoms with van der Waals surface area (Å²) in [7, 11) is 0. The number of hydrogen-bond acceptors (Lipinski definition) is 2. The maximum atomic E-state index is 11.6. The topological polar surface area (TPSA) is 66.4 Å². The zero-order chi connectivity index (χ0) is 13.8. The van der Waals surface area contributed by atoms with Gasteiger partial charge in [0.15, 0.2) is 0 Å². The molecule has 4 nitrogen and oxygen atoms in total. The molecular formula is C14H19NO3. The van der Waals surface area contributed by atoms with Gasteiger partial charge in [-0.2, -0.15) is 0 Å². The van der Waals surface area contributed by atoms with Gasteiger partial charge < -0.3 is 10.4 Å². The van der Waals surface area contributed by atoms with Crippen molar-refractivity contribution in [3.8, 4) is 0 Å². The van der Waals surface area contributed by atoms with Gasteiger partial charge in [-0.3, -0.25) is 4.79 Å². The molecule has 0 saturated heterocycles. The molecule has 0 atom stereocenters. The molecule has 0 aliphatic heterocycles. The summed E-state index contributed by atoms with van der Waals surface area (Å²) >= 11 is 0. The Morgan fingerprint density at radius 3 is 2.28 bits per heavy atom. The van der Waals surface area contributed by atoms with Gasteiger partial charge in [0, 0.05) is 6.42 Å². The van der Waals surface area contributed by atoms with Gasteiger partial charge >= 0.3 is 5.97 Å². The number of carbonyl (C=O) groups excluding carboxylic acids is 1. The fourth-order valence-corrected chi connectivity index (χ4v) is 1.48. The van der Waals surface area contributed by atoms with Crippen LogP contribution in [0.25, 0.3) is 0 Å². The quantitative estimate of drug-likeness (QED) is 0.837. The molecule has 0 aromatic heterocycles. The molecule has 0 spiro atoms. The number of hydrogen-bond donors (Lipinski definition) is 2. The second-order valence-electron chi connectivity index (χ2n) is 4.96. The van der Waals surface area contributed by atoms with Crippen molar-refractivity contribution in [1.29, 1.82) is 0 Å². The Balaban J connectivity index is 2.47. The summed E-state index contributed by atoms with van der Waals surface area (Å²) in [6.07, 6.45) is 0.904. The molecule has 0 saturated carbocycles. The molecular weight excluding hydrogens is 230 g/mol. The average Bonchev–Trinajstić information content (AvgIpc) is 2.27. The molecule has 98 valence electrons. The van der Waals surface area contributed by atoms with Crippen LogP contribution in [0.1, 0.15) is 31.4 Å². The molecule has 0 fully saturated rings. The Bertz CT molecular complexity index is 435. The van der Waals surface area contributed by atoms with Gasteiger partial charge in [-0.25, -0.2) is 4.79 Å². The van der Waals surface area contributed by atoms with Crippen LogP contribution in [0.3, 0.4) is 0 Å². The van der Waals surface area contributed by atoms with Crippen molar-refractivity contribution >= 4 is 11.9 Å². The molecule has 1 aromatic rings. The minimum absolute atomic E-state index is 0.247. The van der Waals surface area contributed by atoms with Crippen LogP contribution in [-0.4, -0.2) is 22.5 Å². The van der Waals surface area contributed by atoms with Gasteiger partial charge in [-0.05, 0) is 32.8 Å². The molecule has 1 aromatic carbocycles. The van der Waals surface area contributed by atoms with Crippen molar-refractivity contribution in [2.24, 2.45) is 0 Å². The number of nitrogens with one attached hydrogen (secondary N) is 1. The molecule has 0 radical (unpaired) electrons. The van der Waals surface area contributed by atoms with Crippen molar-refractivity contribution in [3.05, 3.63) is 35.4 Å². The zero-order valence-electron chi connectivity index (χ0n) is 11.0. The van der Waals surface area contributed by atoms with E-state index in [1.807, 2.05) is 31.2 Å². The van der Waals surface area contributed by atoms with E-state index in [-0.39, 0.29) is 5.91 Å².